The van der Waals surface area contributed by atoms with Crippen molar-refractivity contribution >= 4 is 16.7 Å². The third-order valence-corrected chi connectivity index (χ3v) is 7.27. The average Bonchev–Trinajstić information content (AvgIpc) is 2.94. The van der Waals surface area contributed by atoms with E-state index in [4.69, 9.17) is 9.47 Å². The lowest BCUT2D eigenvalue weighted by molar-refractivity contribution is -0.384. The summed E-state index contributed by atoms with van der Waals surface area (Å²) >= 11 is 0. The lowest BCUT2D eigenvalue weighted by atomic mass is 10.1. The van der Waals surface area contributed by atoms with E-state index in [2.05, 4.69) is 23.8 Å². The maximum atomic E-state index is 11.2. The van der Waals surface area contributed by atoms with Crippen LogP contribution < -0.4 is 9.47 Å². The molecule has 0 aliphatic rings. The Labute approximate surface area is 236 Å². The van der Waals surface area contributed by atoms with Crippen LogP contribution in [-0.4, -0.2) is 28.1 Å². The van der Waals surface area contributed by atoms with Gasteiger partial charge in [0.25, 0.3) is 17.4 Å². The molecule has 0 aliphatic heterocycles. The molecule has 2 rings (SSSR count). The van der Waals surface area contributed by atoms with Crippen molar-refractivity contribution in [3.8, 4) is 11.8 Å². The minimum absolute atomic E-state index is 0.00326. The van der Waals surface area contributed by atoms with Crippen LogP contribution in [0, 0.1) is 10.1 Å². The lowest BCUT2D eigenvalue weighted by Gasteiger charge is -2.12. The number of rotatable bonds is 25. The van der Waals surface area contributed by atoms with Gasteiger partial charge in [0.05, 0.1) is 29.2 Å². The summed E-state index contributed by atoms with van der Waals surface area (Å²) in [6.45, 7) is 5.62. The number of benzene rings is 1. The Balaban J connectivity index is 1.77. The molecule has 0 spiro atoms. The fraction of sp³-hybridized carbons (Fsp3) is 0.750. The highest BCUT2D eigenvalue weighted by molar-refractivity contribution is 5.78. The summed E-state index contributed by atoms with van der Waals surface area (Å²) in [6.07, 6.45) is 25.3. The summed E-state index contributed by atoms with van der Waals surface area (Å²) in [5.74, 6) is 0.727. The zero-order chi connectivity index (χ0) is 28.0. The third-order valence-electron chi connectivity index (χ3n) is 7.27. The van der Waals surface area contributed by atoms with Crippen molar-refractivity contribution in [3.05, 3.63) is 28.3 Å². The molecule has 0 unspecified atom stereocenters. The predicted molar refractivity (Wildman–Crippen MR) is 161 cm³/mol. The number of fused-ring (bicyclic) bond motifs is 1. The summed E-state index contributed by atoms with van der Waals surface area (Å²) in [5, 5.41) is 11.2. The normalized spacial score (nSPS) is 11.2. The van der Waals surface area contributed by atoms with Crippen molar-refractivity contribution < 1.29 is 14.4 Å². The van der Waals surface area contributed by atoms with Crippen LogP contribution in [0.15, 0.2) is 18.2 Å². The number of hydrogen-bond acceptors (Lipinski definition) is 6. The van der Waals surface area contributed by atoms with Crippen molar-refractivity contribution in [1.29, 1.82) is 0 Å². The first kappa shape index (κ1) is 32.8. The van der Waals surface area contributed by atoms with Gasteiger partial charge in [0.15, 0.2) is 0 Å². The summed E-state index contributed by atoms with van der Waals surface area (Å²) in [6, 6.07) is 4.52. The second kappa shape index (κ2) is 21.4. The molecule has 0 fully saturated rings. The van der Waals surface area contributed by atoms with E-state index in [1.807, 2.05) is 0 Å². The van der Waals surface area contributed by atoms with Crippen LogP contribution in [0.4, 0.5) is 5.69 Å². The molecule has 0 N–H and O–H groups in total. The van der Waals surface area contributed by atoms with Crippen LogP contribution in [0.2, 0.25) is 0 Å². The first-order valence-electron chi connectivity index (χ1n) is 15.9. The Morgan fingerprint density at radius 1 is 0.590 bits per heavy atom. The first-order chi connectivity index (χ1) is 19.2. The number of non-ortho nitro benzene ring substituents is 1. The molecule has 39 heavy (non-hydrogen) atoms. The molecule has 1 heterocycles. The number of aromatic nitrogens is 2. The van der Waals surface area contributed by atoms with Crippen molar-refractivity contribution in [3.63, 3.8) is 0 Å². The predicted octanol–water partition coefficient (Wildman–Crippen LogP) is 10.1. The fourth-order valence-corrected chi connectivity index (χ4v) is 4.83. The van der Waals surface area contributed by atoms with Gasteiger partial charge in [-0.15, -0.1) is 0 Å². The highest BCUT2D eigenvalue weighted by atomic mass is 16.6. The van der Waals surface area contributed by atoms with Gasteiger partial charge in [-0.3, -0.25) is 10.1 Å². The summed E-state index contributed by atoms with van der Waals surface area (Å²) < 4.78 is 12.0. The highest BCUT2D eigenvalue weighted by Gasteiger charge is 2.15. The quantitative estimate of drug-likeness (QED) is 0.0703. The van der Waals surface area contributed by atoms with E-state index in [1.54, 1.807) is 6.07 Å². The number of ether oxygens (including phenoxy) is 2. The summed E-state index contributed by atoms with van der Waals surface area (Å²) in [7, 11) is 0. The number of hydrogen-bond donors (Lipinski definition) is 0. The molecule has 0 saturated heterocycles. The summed E-state index contributed by atoms with van der Waals surface area (Å²) in [4.78, 5) is 19.9. The van der Waals surface area contributed by atoms with E-state index in [-0.39, 0.29) is 5.69 Å². The van der Waals surface area contributed by atoms with Gasteiger partial charge < -0.3 is 9.47 Å². The molecule has 0 aliphatic carbocycles. The van der Waals surface area contributed by atoms with Crippen molar-refractivity contribution in [2.45, 2.75) is 142 Å². The molecule has 1 aromatic carbocycles. The molecular weight excluding hydrogens is 490 g/mol. The molecule has 0 saturated carbocycles. The van der Waals surface area contributed by atoms with Crippen molar-refractivity contribution in [2.75, 3.05) is 13.2 Å². The van der Waals surface area contributed by atoms with Crippen LogP contribution >= 0.6 is 0 Å². The molecule has 220 valence electrons. The fourth-order valence-electron chi connectivity index (χ4n) is 4.83. The van der Waals surface area contributed by atoms with Crippen LogP contribution in [0.1, 0.15) is 142 Å². The standard InChI is InChI=1S/C32H53N3O4/c1-3-5-7-9-11-13-15-17-19-21-25-38-31-32(34-30-27-28(35(36)37)23-24-29(30)33-31)39-26-22-20-18-16-14-12-10-8-6-4-2/h23-24,27H,3-22,25-26H2,1-2H3. The molecule has 0 radical (unpaired) electrons. The first-order valence-corrected chi connectivity index (χ1v) is 15.9. The van der Waals surface area contributed by atoms with Crippen LogP contribution in [0.5, 0.6) is 11.8 Å². The van der Waals surface area contributed by atoms with E-state index in [0.29, 0.717) is 36.0 Å². The lowest BCUT2D eigenvalue weighted by Crippen LogP contribution is -2.06. The monoisotopic (exact) mass is 543 g/mol. The van der Waals surface area contributed by atoms with E-state index in [1.165, 1.54) is 115 Å². The molecule has 7 nitrogen and oxygen atoms in total. The van der Waals surface area contributed by atoms with E-state index < -0.39 is 4.92 Å². The van der Waals surface area contributed by atoms with Gasteiger partial charge in [0, 0.05) is 12.1 Å². The smallest absolute Gasteiger partial charge is 0.278 e. The largest absolute Gasteiger partial charge is 0.474 e. The van der Waals surface area contributed by atoms with Crippen LogP contribution in [-0.2, 0) is 0 Å². The second-order valence-electron chi connectivity index (χ2n) is 10.8. The SMILES string of the molecule is CCCCCCCCCCCCOc1nc2ccc([N+](=O)[O-])cc2nc1OCCCCCCCCCCCC. The molecule has 7 heteroatoms. The Morgan fingerprint density at radius 2 is 0.974 bits per heavy atom. The molecule has 1 aromatic heterocycles. The number of nitro groups is 1. The zero-order valence-electron chi connectivity index (χ0n) is 24.8. The Kier molecular flexibility index (Phi) is 18.0. The van der Waals surface area contributed by atoms with Crippen molar-refractivity contribution in [1.82, 2.24) is 9.97 Å². The maximum Gasteiger partial charge on any atom is 0.278 e. The van der Waals surface area contributed by atoms with Crippen LogP contribution in [0.3, 0.4) is 0 Å². The van der Waals surface area contributed by atoms with Gasteiger partial charge in [0.2, 0.25) is 0 Å². The Bertz CT molecular complexity index is 922. The van der Waals surface area contributed by atoms with Gasteiger partial charge >= 0.3 is 0 Å². The number of nitro benzene ring substituents is 1. The average molecular weight is 544 g/mol. The maximum absolute atomic E-state index is 11.2. The number of nitrogens with zero attached hydrogens (tertiary/aromatic N) is 3. The highest BCUT2D eigenvalue weighted by Crippen LogP contribution is 2.28. The molecule has 2 aromatic rings. The number of unbranched alkanes of at least 4 members (excludes halogenated alkanes) is 18. The Morgan fingerprint density at radius 3 is 1.38 bits per heavy atom. The van der Waals surface area contributed by atoms with Gasteiger partial charge in [0.1, 0.15) is 0 Å². The van der Waals surface area contributed by atoms with E-state index >= 15 is 0 Å². The van der Waals surface area contributed by atoms with Gasteiger partial charge in [-0.05, 0) is 18.9 Å². The van der Waals surface area contributed by atoms with E-state index in [0.717, 1.165) is 25.7 Å². The molecule has 0 amide bonds. The third kappa shape index (κ3) is 14.5. The minimum atomic E-state index is -0.416. The molecular formula is C32H53N3O4. The van der Waals surface area contributed by atoms with Gasteiger partial charge in [-0.2, -0.15) is 0 Å². The molecule has 0 bridgehead atoms. The topological polar surface area (TPSA) is 87.4 Å². The Hall–Kier alpha value is -2.44. The summed E-state index contributed by atoms with van der Waals surface area (Å²) in [5.41, 5.74) is 1.02. The zero-order valence-corrected chi connectivity index (χ0v) is 24.8. The van der Waals surface area contributed by atoms with Gasteiger partial charge in [-0.1, -0.05) is 129 Å². The van der Waals surface area contributed by atoms with Crippen LogP contribution in [0.25, 0.3) is 11.0 Å². The van der Waals surface area contributed by atoms with Crippen molar-refractivity contribution in [2.24, 2.45) is 0 Å². The minimum Gasteiger partial charge on any atom is -0.474 e. The van der Waals surface area contributed by atoms with Gasteiger partial charge in [-0.25, -0.2) is 9.97 Å². The molecule has 0 atom stereocenters. The second-order valence-corrected chi connectivity index (χ2v) is 10.8. The van der Waals surface area contributed by atoms with E-state index in [9.17, 15) is 10.1 Å².